The zero-order chi connectivity index (χ0) is 14.7. The van der Waals surface area contributed by atoms with E-state index in [4.69, 9.17) is 0 Å². The standard InChI is InChI=1S/C14H22N4O2/c1-10-11(2)15-16-13(12(10)14(19)20)17(3)8-9-18-6-4-5-7-18/h4-9H2,1-3H3,(H,19,20). The number of hydrogen-bond acceptors (Lipinski definition) is 5. The number of aromatic nitrogens is 2. The van der Waals surface area contributed by atoms with Crippen LogP contribution in [0.1, 0.15) is 34.5 Å². The Hall–Kier alpha value is -1.69. The second kappa shape index (κ2) is 6.17. The predicted octanol–water partition coefficient (Wildman–Crippen LogP) is 1.32. The molecule has 1 aliphatic rings. The number of carboxylic acids is 1. The van der Waals surface area contributed by atoms with Crippen LogP contribution in [0.15, 0.2) is 0 Å². The second-order valence-corrected chi connectivity index (χ2v) is 5.38. The van der Waals surface area contributed by atoms with Crippen LogP contribution in [-0.4, -0.2) is 59.4 Å². The van der Waals surface area contributed by atoms with Crippen molar-refractivity contribution >= 4 is 11.8 Å². The highest BCUT2D eigenvalue weighted by atomic mass is 16.4. The fourth-order valence-corrected chi connectivity index (χ4v) is 2.52. The van der Waals surface area contributed by atoms with Crippen molar-refractivity contribution in [3.8, 4) is 0 Å². The molecule has 0 aromatic carbocycles. The maximum absolute atomic E-state index is 11.5. The number of rotatable bonds is 5. The molecule has 1 N–H and O–H groups in total. The van der Waals surface area contributed by atoms with Gasteiger partial charge in [0.2, 0.25) is 0 Å². The summed E-state index contributed by atoms with van der Waals surface area (Å²) < 4.78 is 0. The number of carbonyl (C=O) groups is 1. The Balaban J connectivity index is 2.14. The smallest absolute Gasteiger partial charge is 0.339 e. The SMILES string of the molecule is Cc1nnc(N(C)CCN2CCCC2)c(C(=O)O)c1C. The van der Waals surface area contributed by atoms with E-state index >= 15 is 0 Å². The summed E-state index contributed by atoms with van der Waals surface area (Å²) in [6.07, 6.45) is 2.51. The van der Waals surface area contributed by atoms with Crippen LogP contribution in [0.25, 0.3) is 0 Å². The third kappa shape index (κ3) is 3.07. The lowest BCUT2D eigenvalue weighted by atomic mass is 10.1. The van der Waals surface area contributed by atoms with Crippen molar-refractivity contribution in [3.63, 3.8) is 0 Å². The zero-order valence-electron chi connectivity index (χ0n) is 12.4. The van der Waals surface area contributed by atoms with Crippen molar-refractivity contribution in [1.82, 2.24) is 15.1 Å². The minimum absolute atomic E-state index is 0.265. The van der Waals surface area contributed by atoms with Gasteiger partial charge in [-0.05, 0) is 45.3 Å². The van der Waals surface area contributed by atoms with Gasteiger partial charge < -0.3 is 14.9 Å². The van der Waals surface area contributed by atoms with E-state index in [2.05, 4.69) is 15.1 Å². The van der Waals surface area contributed by atoms with Gasteiger partial charge in [-0.3, -0.25) is 0 Å². The van der Waals surface area contributed by atoms with Crippen molar-refractivity contribution in [2.24, 2.45) is 0 Å². The molecule has 0 aliphatic carbocycles. The van der Waals surface area contributed by atoms with Crippen molar-refractivity contribution in [3.05, 3.63) is 16.8 Å². The summed E-state index contributed by atoms with van der Waals surface area (Å²) in [5.41, 5.74) is 1.62. The first-order valence-corrected chi connectivity index (χ1v) is 7.01. The highest BCUT2D eigenvalue weighted by Gasteiger charge is 2.21. The molecular formula is C14H22N4O2. The average Bonchev–Trinajstić information content (AvgIpc) is 2.91. The summed E-state index contributed by atoms with van der Waals surface area (Å²) in [5, 5.41) is 17.5. The molecule has 6 nitrogen and oxygen atoms in total. The molecule has 1 saturated heterocycles. The van der Waals surface area contributed by atoms with Crippen LogP contribution in [0.3, 0.4) is 0 Å². The molecule has 0 radical (unpaired) electrons. The molecule has 20 heavy (non-hydrogen) atoms. The molecule has 0 unspecified atom stereocenters. The van der Waals surface area contributed by atoms with E-state index in [0.717, 1.165) is 26.2 Å². The molecule has 1 aliphatic heterocycles. The molecule has 1 aromatic rings. The van der Waals surface area contributed by atoms with Gasteiger partial charge in [-0.25, -0.2) is 4.79 Å². The van der Waals surface area contributed by atoms with Crippen LogP contribution in [-0.2, 0) is 0 Å². The Morgan fingerprint density at radius 2 is 1.95 bits per heavy atom. The molecule has 110 valence electrons. The minimum atomic E-state index is -0.941. The number of anilines is 1. The van der Waals surface area contributed by atoms with Crippen LogP contribution in [0.2, 0.25) is 0 Å². The Labute approximate surface area is 119 Å². The molecule has 0 bridgehead atoms. The Kier molecular flexibility index (Phi) is 4.54. The molecule has 2 rings (SSSR count). The van der Waals surface area contributed by atoms with E-state index in [1.165, 1.54) is 12.8 Å². The van der Waals surface area contributed by atoms with Gasteiger partial charge in [-0.2, -0.15) is 5.10 Å². The molecule has 0 atom stereocenters. The van der Waals surface area contributed by atoms with E-state index in [1.54, 1.807) is 13.8 Å². The van der Waals surface area contributed by atoms with Crippen LogP contribution < -0.4 is 4.90 Å². The first-order valence-electron chi connectivity index (χ1n) is 7.01. The summed E-state index contributed by atoms with van der Waals surface area (Å²) in [5.74, 6) is -0.483. The van der Waals surface area contributed by atoms with Crippen molar-refractivity contribution < 1.29 is 9.90 Å². The third-order valence-electron chi connectivity index (χ3n) is 3.96. The molecule has 2 heterocycles. The highest BCUT2D eigenvalue weighted by molar-refractivity contribution is 5.95. The predicted molar refractivity (Wildman–Crippen MR) is 77.4 cm³/mol. The number of likely N-dealkylation sites (tertiary alicyclic amines) is 1. The van der Waals surface area contributed by atoms with E-state index in [-0.39, 0.29) is 5.56 Å². The summed E-state index contributed by atoms with van der Waals surface area (Å²) >= 11 is 0. The lowest BCUT2D eigenvalue weighted by molar-refractivity contribution is 0.0696. The van der Waals surface area contributed by atoms with Crippen LogP contribution in [0.4, 0.5) is 5.82 Å². The molecule has 0 spiro atoms. The van der Waals surface area contributed by atoms with Crippen LogP contribution in [0.5, 0.6) is 0 Å². The maximum Gasteiger partial charge on any atom is 0.339 e. The number of hydrogen-bond donors (Lipinski definition) is 1. The minimum Gasteiger partial charge on any atom is -0.478 e. The monoisotopic (exact) mass is 278 g/mol. The van der Waals surface area contributed by atoms with Gasteiger partial charge in [-0.1, -0.05) is 0 Å². The van der Waals surface area contributed by atoms with Gasteiger partial charge in [0.1, 0.15) is 5.56 Å². The summed E-state index contributed by atoms with van der Waals surface area (Å²) in [4.78, 5) is 15.7. The van der Waals surface area contributed by atoms with E-state index in [0.29, 0.717) is 17.1 Å². The first-order chi connectivity index (χ1) is 9.50. The highest BCUT2D eigenvalue weighted by Crippen LogP contribution is 2.21. The number of carboxylic acid groups (broad SMARTS) is 1. The molecule has 6 heteroatoms. The van der Waals surface area contributed by atoms with E-state index in [1.807, 2.05) is 11.9 Å². The topological polar surface area (TPSA) is 69.6 Å². The normalized spacial score (nSPS) is 15.6. The molecular weight excluding hydrogens is 256 g/mol. The molecule has 0 saturated carbocycles. The molecule has 1 aromatic heterocycles. The lowest BCUT2D eigenvalue weighted by Gasteiger charge is -2.23. The summed E-state index contributed by atoms with van der Waals surface area (Å²) in [6.45, 7) is 7.53. The third-order valence-corrected chi connectivity index (χ3v) is 3.96. The van der Waals surface area contributed by atoms with Gasteiger partial charge >= 0.3 is 5.97 Å². The van der Waals surface area contributed by atoms with Crippen molar-refractivity contribution in [2.45, 2.75) is 26.7 Å². The molecule has 1 fully saturated rings. The lowest BCUT2D eigenvalue weighted by Crippen LogP contribution is -2.33. The van der Waals surface area contributed by atoms with E-state index in [9.17, 15) is 9.90 Å². The van der Waals surface area contributed by atoms with Crippen LogP contribution in [0, 0.1) is 13.8 Å². The Morgan fingerprint density at radius 1 is 1.30 bits per heavy atom. The fraction of sp³-hybridized carbons (Fsp3) is 0.643. The Morgan fingerprint density at radius 3 is 2.55 bits per heavy atom. The number of aryl methyl sites for hydroxylation is 1. The van der Waals surface area contributed by atoms with Gasteiger partial charge in [0.15, 0.2) is 5.82 Å². The summed E-state index contributed by atoms with van der Waals surface area (Å²) in [6, 6.07) is 0. The fourth-order valence-electron chi connectivity index (χ4n) is 2.52. The van der Waals surface area contributed by atoms with Gasteiger partial charge in [0.25, 0.3) is 0 Å². The first kappa shape index (κ1) is 14.7. The number of aromatic carboxylic acids is 1. The van der Waals surface area contributed by atoms with Gasteiger partial charge in [0, 0.05) is 20.1 Å². The number of likely N-dealkylation sites (N-methyl/N-ethyl adjacent to an activating group) is 1. The van der Waals surface area contributed by atoms with Gasteiger partial charge in [-0.15, -0.1) is 5.10 Å². The molecule has 0 amide bonds. The van der Waals surface area contributed by atoms with Crippen molar-refractivity contribution in [1.29, 1.82) is 0 Å². The zero-order valence-corrected chi connectivity index (χ0v) is 12.4. The van der Waals surface area contributed by atoms with Crippen LogP contribution >= 0.6 is 0 Å². The number of nitrogens with zero attached hydrogens (tertiary/aromatic N) is 4. The van der Waals surface area contributed by atoms with Gasteiger partial charge in [0.05, 0.1) is 5.69 Å². The Bertz CT molecular complexity index is 498. The quantitative estimate of drug-likeness (QED) is 0.876. The average molecular weight is 278 g/mol. The maximum atomic E-state index is 11.5. The van der Waals surface area contributed by atoms with E-state index < -0.39 is 5.97 Å². The van der Waals surface area contributed by atoms with Crippen molar-refractivity contribution in [2.75, 3.05) is 38.1 Å². The largest absolute Gasteiger partial charge is 0.478 e. The summed E-state index contributed by atoms with van der Waals surface area (Å²) in [7, 11) is 1.88. The second-order valence-electron chi connectivity index (χ2n) is 5.38.